The Balaban J connectivity index is 2.18. The predicted molar refractivity (Wildman–Crippen MR) is 73.2 cm³/mol. The summed E-state index contributed by atoms with van der Waals surface area (Å²) in [7, 11) is 0. The van der Waals surface area contributed by atoms with Gasteiger partial charge in [0.2, 0.25) is 0 Å². The summed E-state index contributed by atoms with van der Waals surface area (Å²) in [6.45, 7) is 0. The fraction of sp³-hybridized carbons (Fsp3) is 0. The number of fused-ring (bicyclic) bond motifs is 1. The van der Waals surface area contributed by atoms with Gasteiger partial charge in [0, 0.05) is 22.8 Å². The molecule has 0 unspecified atom stereocenters. The summed E-state index contributed by atoms with van der Waals surface area (Å²) >= 11 is 12.0. The minimum Gasteiger partial charge on any atom is -0.220 e. The molecular formula is C13H6Cl2N4. The van der Waals surface area contributed by atoms with Crippen LogP contribution in [0.5, 0.6) is 0 Å². The number of pyridine rings is 1. The molecule has 0 bridgehead atoms. The Hall–Kier alpha value is -2.09. The highest BCUT2D eigenvalue weighted by atomic mass is 35.5. The highest BCUT2D eigenvalue weighted by Crippen LogP contribution is 2.28. The lowest BCUT2D eigenvalue weighted by Gasteiger charge is -1.98. The van der Waals surface area contributed by atoms with Crippen LogP contribution in [0.2, 0.25) is 10.0 Å². The van der Waals surface area contributed by atoms with Crippen molar-refractivity contribution in [2.75, 3.05) is 0 Å². The van der Waals surface area contributed by atoms with E-state index >= 15 is 0 Å². The molecule has 3 aromatic rings. The van der Waals surface area contributed by atoms with Gasteiger partial charge in [-0.1, -0.05) is 23.2 Å². The van der Waals surface area contributed by atoms with Crippen molar-refractivity contribution in [3.8, 4) is 17.5 Å². The van der Waals surface area contributed by atoms with Crippen LogP contribution in [0.25, 0.3) is 17.0 Å². The first-order valence-electron chi connectivity index (χ1n) is 5.39. The van der Waals surface area contributed by atoms with Crippen LogP contribution < -0.4 is 0 Å². The molecule has 2 heterocycles. The van der Waals surface area contributed by atoms with Gasteiger partial charge in [-0.25, -0.2) is 9.50 Å². The van der Waals surface area contributed by atoms with Gasteiger partial charge in [0.15, 0.2) is 11.5 Å². The molecule has 2 aromatic heterocycles. The number of nitrogens with zero attached hydrogens (tertiary/aromatic N) is 4. The summed E-state index contributed by atoms with van der Waals surface area (Å²) in [4.78, 5) is 4.36. The Kier molecular flexibility index (Phi) is 2.86. The third kappa shape index (κ3) is 2.14. The smallest absolute Gasteiger partial charge is 0.183 e. The van der Waals surface area contributed by atoms with Crippen molar-refractivity contribution < 1.29 is 0 Å². The van der Waals surface area contributed by atoms with Crippen LogP contribution in [0.3, 0.4) is 0 Å². The largest absolute Gasteiger partial charge is 0.220 e. The molecule has 6 heteroatoms. The van der Waals surface area contributed by atoms with E-state index in [1.165, 1.54) is 0 Å². The van der Waals surface area contributed by atoms with Gasteiger partial charge < -0.3 is 0 Å². The molecule has 0 atom stereocenters. The molecule has 0 aliphatic rings. The Morgan fingerprint density at radius 3 is 2.74 bits per heavy atom. The average Bonchev–Trinajstić information content (AvgIpc) is 2.80. The molecule has 4 nitrogen and oxygen atoms in total. The van der Waals surface area contributed by atoms with Crippen LogP contribution in [0.15, 0.2) is 36.5 Å². The molecule has 0 aliphatic heterocycles. The second-order valence-electron chi connectivity index (χ2n) is 3.89. The van der Waals surface area contributed by atoms with E-state index in [4.69, 9.17) is 28.5 Å². The van der Waals surface area contributed by atoms with Crippen molar-refractivity contribution in [2.24, 2.45) is 0 Å². The molecule has 0 saturated carbocycles. The molecular weight excluding hydrogens is 283 g/mol. The van der Waals surface area contributed by atoms with Gasteiger partial charge >= 0.3 is 0 Å². The Morgan fingerprint density at radius 1 is 1.16 bits per heavy atom. The van der Waals surface area contributed by atoms with Crippen LogP contribution in [0, 0.1) is 11.3 Å². The van der Waals surface area contributed by atoms with Gasteiger partial charge in [-0.3, -0.25) is 0 Å². The van der Waals surface area contributed by atoms with Crippen LogP contribution in [0.4, 0.5) is 0 Å². The normalized spacial score (nSPS) is 10.6. The third-order valence-corrected chi connectivity index (χ3v) is 3.19. The number of hydrogen-bond acceptors (Lipinski definition) is 3. The van der Waals surface area contributed by atoms with Crippen molar-refractivity contribution >= 4 is 28.8 Å². The van der Waals surface area contributed by atoms with Gasteiger partial charge in [0.1, 0.15) is 0 Å². The SMILES string of the molecule is N#Cc1ccn2nc(-c3ccc(Cl)cc3Cl)nc2c1. The maximum absolute atomic E-state index is 8.85. The first-order chi connectivity index (χ1) is 9.17. The second kappa shape index (κ2) is 4.54. The average molecular weight is 289 g/mol. The lowest BCUT2D eigenvalue weighted by Crippen LogP contribution is -1.87. The molecule has 0 N–H and O–H groups in total. The van der Waals surface area contributed by atoms with Crippen LogP contribution in [-0.4, -0.2) is 14.6 Å². The summed E-state index contributed by atoms with van der Waals surface area (Å²) < 4.78 is 1.60. The van der Waals surface area contributed by atoms with Gasteiger partial charge in [-0.15, -0.1) is 5.10 Å². The fourth-order valence-electron chi connectivity index (χ4n) is 1.74. The molecule has 3 rings (SSSR count). The maximum Gasteiger partial charge on any atom is 0.183 e. The highest BCUT2D eigenvalue weighted by molar-refractivity contribution is 6.36. The van der Waals surface area contributed by atoms with Crippen LogP contribution in [0.1, 0.15) is 5.56 Å². The number of benzene rings is 1. The van der Waals surface area contributed by atoms with E-state index < -0.39 is 0 Å². The molecule has 0 aliphatic carbocycles. The van der Waals surface area contributed by atoms with Gasteiger partial charge in [-0.05, 0) is 24.3 Å². The summed E-state index contributed by atoms with van der Waals surface area (Å²) in [6, 6.07) is 10.5. The van der Waals surface area contributed by atoms with Crippen molar-refractivity contribution in [2.45, 2.75) is 0 Å². The lowest BCUT2D eigenvalue weighted by atomic mass is 10.2. The van der Waals surface area contributed by atoms with Crippen molar-refractivity contribution in [3.63, 3.8) is 0 Å². The minimum atomic E-state index is 0.490. The fourth-order valence-corrected chi connectivity index (χ4v) is 2.23. The number of hydrogen-bond donors (Lipinski definition) is 0. The highest BCUT2D eigenvalue weighted by Gasteiger charge is 2.10. The molecule has 0 radical (unpaired) electrons. The molecule has 0 amide bonds. The van der Waals surface area contributed by atoms with E-state index in [0.717, 1.165) is 0 Å². The Labute approximate surface area is 118 Å². The van der Waals surface area contributed by atoms with Crippen molar-refractivity contribution in [1.82, 2.24) is 14.6 Å². The van der Waals surface area contributed by atoms with E-state index in [9.17, 15) is 0 Å². The second-order valence-corrected chi connectivity index (χ2v) is 4.73. The van der Waals surface area contributed by atoms with Gasteiger partial charge in [0.05, 0.1) is 16.7 Å². The molecule has 0 fully saturated rings. The van der Waals surface area contributed by atoms with Gasteiger partial charge in [0.25, 0.3) is 0 Å². The van der Waals surface area contributed by atoms with E-state index in [1.54, 1.807) is 41.0 Å². The monoisotopic (exact) mass is 288 g/mol. The first-order valence-corrected chi connectivity index (χ1v) is 6.15. The van der Waals surface area contributed by atoms with E-state index in [1.807, 2.05) is 0 Å². The quantitative estimate of drug-likeness (QED) is 0.688. The minimum absolute atomic E-state index is 0.490. The summed E-state index contributed by atoms with van der Waals surface area (Å²) in [5.41, 5.74) is 1.84. The lowest BCUT2D eigenvalue weighted by molar-refractivity contribution is 0.964. The van der Waals surface area contributed by atoms with Crippen LogP contribution in [-0.2, 0) is 0 Å². The van der Waals surface area contributed by atoms with Gasteiger partial charge in [-0.2, -0.15) is 5.26 Å². The number of nitriles is 1. The van der Waals surface area contributed by atoms with Crippen molar-refractivity contribution in [3.05, 3.63) is 52.1 Å². The topological polar surface area (TPSA) is 54.0 Å². The Bertz CT molecular complexity index is 817. The summed E-state index contributed by atoms with van der Waals surface area (Å²) in [5.74, 6) is 0.497. The Morgan fingerprint density at radius 2 is 2.00 bits per heavy atom. The summed E-state index contributed by atoms with van der Waals surface area (Å²) in [5, 5.41) is 14.2. The first kappa shape index (κ1) is 12.0. The number of aromatic nitrogens is 3. The van der Waals surface area contributed by atoms with E-state index in [0.29, 0.717) is 32.6 Å². The standard InChI is InChI=1S/C13H6Cl2N4/c14-9-1-2-10(11(15)6-9)13-17-12-5-8(7-16)3-4-19(12)18-13/h1-6H. The summed E-state index contributed by atoms with van der Waals surface area (Å²) in [6.07, 6.45) is 1.69. The predicted octanol–water partition coefficient (Wildman–Crippen LogP) is 3.57. The molecule has 92 valence electrons. The zero-order valence-electron chi connectivity index (χ0n) is 9.51. The third-order valence-electron chi connectivity index (χ3n) is 2.64. The van der Waals surface area contributed by atoms with E-state index in [2.05, 4.69) is 16.2 Å². The zero-order valence-corrected chi connectivity index (χ0v) is 11.0. The van der Waals surface area contributed by atoms with E-state index in [-0.39, 0.29) is 0 Å². The number of halogens is 2. The number of rotatable bonds is 1. The molecule has 0 saturated heterocycles. The van der Waals surface area contributed by atoms with Crippen molar-refractivity contribution in [1.29, 1.82) is 5.26 Å². The zero-order chi connectivity index (χ0) is 13.4. The molecule has 19 heavy (non-hydrogen) atoms. The maximum atomic E-state index is 8.85. The molecule has 1 aromatic carbocycles. The molecule has 0 spiro atoms. The van der Waals surface area contributed by atoms with Crippen LogP contribution >= 0.6 is 23.2 Å².